The topological polar surface area (TPSA) is 65.7 Å². The van der Waals surface area contributed by atoms with E-state index in [2.05, 4.69) is 60.7 Å². The third kappa shape index (κ3) is 8.51. The first-order valence-electron chi connectivity index (χ1n) is 14.9. The van der Waals surface area contributed by atoms with Gasteiger partial charge in [-0.25, -0.2) is 0 Å². The highest BCUT2D eigenvalue weighted by molar-refractivity contribution is 5.91. The number of aryl methyl sites for hydroxylation is 1. The zero-order chi connectivity index (χ0) is 27.5. The lowest BCUT2D eigenvalue weighted by Crippen LogP contribution is -2.40. The highest BCUT2D eigenvalue weighted by Crippen LogP contribution is 2.33. The smallest absolute Gasteiger partial charge is 0.0921 e. The molecule has 2 aromatic carbocycles. The maximum atomic E-state index is 5.76. The Morgan fingerprint density at radius 2 is 1.54 bits per heavy atom. The Balaban J connectivity index is 1.04. The molecule has 4 N–H and O–H groups in total. The molecule has 0 aliphatic carbocycles. The molecule has 0 radical (unpaired) electrons. The molecule has 0 bridgehead atoms. The van der Waals surface area contributed by atoms with Crippen molar-refractivity contribution in [3.05, 3.63) is 90.3 Å². The zero-order valence-corrected chi connectivity index (χ0v) is 23.7. The standard InChI is InChI=1S/C34H47N5/c1-26-15-22-34(27(2)38-26)39-28(3)33-21-20-32(24-30(33)25-37-39)36-23-13-11-9-7-5-4-6-8-10-12-14-29-16-18-31(35)19-17-29/h16-21,24-25,34,36,38H,1-15,22-23,35H2. The Morgan fingerprint density at radius 1 is 0.872 bits per heavy atom. The molecular formula is C34H47N5. The van der Waals surface area contributed by atoms with Crippen LogP contribution in [-0.4, -0.2) is 23.8 Å². The van der Waals surface area contributed by atoms with Crippen molar-refractivity contribution in [3.63, 3.8) is 0 Å². The molecule has 2 aliphatic rings. The summed E-state index contributed by atoms with van der Waals surface area (Å²) in [4.78, 5) is 0. The first kappa shape index (κ1) is 28.5. The molecule has 5 heteroatoms. The SMILES string of the molecule is C=C1CCC(N2N=Cc3cc(NCCCCCCCCCCCCc4ccc(N)cc4)ccc3C2=C)C(=C)N1. The van der Waals surface area contributed by atoms with E-state index in [1.807, 2.05) is 23.4 Å². The molecule has 0 aromatic heterocycles. The van der Waals surface area contributed by atoms with Crippen LogP contribution in [0, 0.1) is 0 Å². The molecule has 208 valence electrons. The van der Waals surface area contributed by atoms with Crippen molar-refractivity contribution in [2.24, 2.45) is 5.10 Å². The van der Waals surface area contributed by atoms with Crippen molar-refractivity contribution >= 4 is 23.3 Å². The van der Waals surface area contributed by atoms with Crippen LogP contribution in [0.2, 0.25) is 0 Å². The third-order valence-electron chi connectivity index (χ3n) is 7.92. The quantitative estimate of drug-likeness (QED) is 0.162. The Morgan fingerprint density at radius 3 is 2.23 bits per heavy atom. The molecule has 0 spiro atoms. The number of nitrogens with one attached hydrogen (secondary N) is 2. The molecule has 1 saturated heterocycles. The molecular weight excluding hydrogens is 478 g/mol. The second-order valence-corrected chi connectivity index (χ2v) is 11.1. The van der Waals surface area contributed by atoms with E-state index in [1.54, 1.807) is 0 Å². The normalized spacial score (nSPS) is 16.8. The molecule has 4 rings (SSSR count). The van der Waals surface area contributed by atoms with Crippen molar-refractivity contribution in [1.82, 2.24) is 10.3 Å². The van der Waals surface area contributed by atoms with Gasteiger partial charge < -0.3 is 16.4 Å². The van der Waals surface area contributed by atoms with E-state index < -0.39 is 0 Å². The van der Waals surface area contributed by atoms with Crippen LogP contribution in [0.5, 0.6) is 0 Å². The molecule has 1 atom stereocenters. The van der Waals surface area contributed by atoms with Crippen LogP contribution >= 0.6 is 0 Å². The maximum Gasteiger partial charge on any atom is 0.0921 e. The first-order valence-corrected chi connectivity index (χ1v) is 14.9. The van der Waals surface area contributed by atoms with E-state index in [-0.39, 0.29) is 6.04 Å². The second kappa shape index (κ2) is 14.6. The van der Waals surface area contributed by atoms with Gasteiger partial charge in [0.15, 0.2) is 0 Å². The molecule has 0 saturated carbocycles. The number of hydrogen-bond acceptors (Lipinski definition) is 5. The third-order valence-corrected chi connectivity index (χ3v) is 7.92. The van der Waals surface area contributed by atoms with Crippen molar-refractivity contribution in [1.29, 1.82) is 0 Å². The van der Waals surface area contributed by atoms with Crippen molar-refractivity contribution in [2.45, 2.75) is 89.5 Å². The summed E-state index contributed by atoms with van der Waals surface area (Å²) in [5, 5.41) is 13.6. The van der Waals surface area contributed by atoms with Gasteiger partial charge in [0.05, 0.1) is 18.0 Å². The van der Waals surface area contributed by atoms with E-state index in [9.17, 15) is 0 Å². The Bertz CT molecular complexity index is 1150. The molecule has 2 heterocycles. The van der Waals surface area contributed by atoms with Gasteiger partial charge in [0, 0.05) is 40.4 Å². The van der Waals surface area contributed by atoms with E-state index >= 15 is 0 Å². The van der Waals surface area contributed by atoms with Crippen molar-refractivity contribution in [3.8, 4) is 0 Å². The van der Waals surface area contributed by atoms with Crippen molar-refractivity contribution < 1.29 is 0 Å². The number of piperidine rings is 1. The van der Waals surface area contributed by atoms with Gasteiger partial charge in [-0.1, -0.05) is 89.3 Å². The van der Waals surface area contributed by atoms with Crippen molar-refractivity contribution in [2.75, 3.05) is 17.6 Å². The van der Waals surface area contributed by atoms with Crippen LogP contribution in [0.1, 0.15) is 93.7 Å². The van der Waals surface area contributed by atoms with Crippen LogP contribution in [0.15, 0.2) is 78.7 Å². The fourth-order valence-electron chi connectivity index (χ4n) is 5.54. The fraction of sp³-hybridized carbons (Fsp3) is 0.441. The molecule has 39 heavy (non-hydrogen) atoms. The number of hydrogen-bond donors (Lipinski definition) is 3. The highest BCUT2D eigenvalue weighted by Gasteiger charge is 2.29. The molecule has 0 amide bonds. The number of hydrazone groups is 1. The lowest BCUT2D eigenvalue weighted by atomic mass is 9.98. The number of fused-ring (bicyclic) bond motifs is 1. The molecule has 5 nitrogen and oxygen atoms in total. The summed E-state index contributed by atoms with van der Waals surface area (Å²) in [6.07, 6.45) is 18.3. The summed E-state index contributed by atoms with van der Waals surface area (Å²) < 4.78 is 0. The lowest BCUT2D eigenvalue weighted by molar-refractivity contribution is 0.303. The van der Waals surface area contributed by atoms with Gasteiger partial charge in [-0.05, 0) is 61.9 Å². The Hall–Kier alpha value is -3.47. The predicted octanol–water partition coefficient (Wildman–Crippen LogP) is 8.22. The highest BCUT2D eigenvalue weighted by atomic mass is 15.5. The minimum Gasteiger partial charge on any atom is -0.399 e. The van der Waals surface area contributed by atoms with Crippen LogP contribution in [-0.2, 0) is 6.42 Å². The lowest BCUT2D eigenvalue weighted by Gasteiger charge is -2.37. The van der Waals surface area contributed by atoms with Crippen LogP contribution in [0.4, 0.5) is 11.4 Å². The number of unbranched alkanes of at least 4 members (excludes halogenated alkanes) is 9. The van der Waals surface area contributed by atoms with E-state index in [0.29, 0.717) is 0 Å². The first-order chi connectivity index (χ1) is 19.0. The predicted molar refractivity (Wildman–Crippen MR) is 169 cm³/mol. The van der Waals surface area contributed by atoms with Gasteiger partial charge in [-0.3, -0.25) is 5.01 Å². The summed E-state index contributed by atoms with van der Waals surface area (Å²) in [5.74, 6) is 0. The number of allylic oxidation sites excluding steroid dienone is 1. The maximum absolute atomic E-state index is 5.76. The number of nitrogens with zero attached hydrogens (tertiary/aromatic N) is 2. The number of nitrogen functional groups attached to an aromatic ring is 1. The minimum atomic E-state index is 0.108. The molecule has 2 aromatic rings. The van der Waals surface area contributed by atoms with Gasteiger partial charge in [0.25, 0.3) is 0 Å². The van der Waals surface area contributed by atoms with E-state index in [4.69, 9.17) is 10.8 Å². The minimum absolute atomic E-state index is 0.108. The van der Waals surface area contributed by atoms with Gasteiger partial charge in [-0.2, -0.15) is 5.10 Å². The van der Waals surface area contributed by atoms with Gasteiger partial charge in [-0.15, -0.1) is 0 Å². The van der Waals surface area contributed by atoms with Gasteiger partial charge >= 0.3 is 0 Å². The zero-order valence-electron chi connectivity index (χ0n) is 23.7. The average Bonchev–Trinajstić information content (AvgIpc) is 2.93. The summed E-state index contributed by atoms with van der Waals surface area (Å²) >= 11 is 0. The average molecular weight is 526 g/mol. The fourth-order valence-corrected chi connectivity index (χ4v) is 5.54. The van der Waals surface area contributed by atoms with E-state index in [1.165, 1.54) is 76.2 Å². The van der Waals surface area contributed by atoms with E-state index in [0.717, 1.165) is 59.0 Å². The molecule has 1 fully saturated rings. The Labute approximate surface area is 236 Å². The summed E-state index contributed by atoms with van der Waals surface area (Å²) in [5.41, 5.74) is 14.3. The van der Waals surface area contributed by atoms with Crippen LogP contribution < -0.4 is 16.4 Å². The van der Waals surface area contributed by atoms with Crippen LogP contribution in [0.25, 0.3) is 5.70 Å². The van der Waals surface area contributed by atoms with Gasteiger partial charge in [0.1, 0.15) is 0 Å². The molecule has 2 aliphatic heterocycles. The number of anilines is 2. The monoisotopic (exact) mass is 525 g/mol. The summed E-state index contributed by atoms with van der Waals surface area (Å²) in [6.45, 7) is 13.5. The largest absolute Gasteiger partial charge is 0.399 e. The number of benzene rings is 2. The number of nitrogens with two attached hydrogens (primary N) is 1. The Kier molecular flexibility index (Phi) is 10.7. The summed E-state index contributed by atoms with van der Waals surface area (Å²) in [6, 6.07) is 14.9. The van der Waals surface area contributed by atoms with Gasteiger partial charge in [0.2, 0.25) is 0 Å². The van der Waals surface area contributed by atoms with Crippen LogP contribution in [0.3, 0.4) is 0 Å². The second-order valence-electron chi connectivity index (χ2n) is 11.1. The number of rotatable bonds is 15. The molecule has 1 unspecified atom stereocenters. The summed E-state index contributed by atoms with van der Waals surface area (Å²) in [7, 11) is 0.